The Morgan fingerprint density at radius 1 is 1.58 bits per heavy atom. The summed E-state index contributed by atoms with van der Waals surface area (Å²) in [5.41, 5.74) is 6.89. The monoisotopic (exact) mass is 283 g/mol. The first kappa shape index (κ1) is 14.2. The van der Waals surface area contributed by atoms with Crippen LogP contribution in [0.4, 0.5) is 5.69 Å². The summed E-state index contributed by atoms with van der Waals surface area (Å²) < 4.78 is 0. The van der Waals surface area contributed by atoms with Crippen LogP contribution in [0.2, 0.25) is 5.02 Å². The smallest absolute Gasteiger partial charge is 0.270 e. The molecule has 1 aromatic rings. The van der Waals surface area contributed by atoms with Gasteiger partial charge in [-0.1, -0.05) is 11.6 Å². The van der Waals surface area contributed by atoms with Crippen molar-refractivity contribution in [2.24, 2.45) is 5.73 Å². The molecule has 1 aliphatic rings. The summed E-state index contributed by atoms with van der Waals surface area (Å²) in [5.74, 6) is 0. The minimum Gasteiger partial charge on any atom is -0.328 e. The topological polar surface area (TPSA) is 72.4 Å². The first-order chi connectivity index (χ1) is 8.97. The Hall–Kier alpha value is -1.17. The number of non-ortho nitro benzene ring substituents is 1. The van der Waals surface area contributed by atoms with Gasteiger partial charge in [-0.2, -0.15) is 0 Å². The summed E-state index contributed by atoms with van der Waals surface area (Å²) in [6, 6.07) is 5.34. The number of hydrogen-bond donors (Lipinski definition) is 1. The van der Waals surface area contributed by atoms with Crippen LogP contribution in [0.1, 0.15) is 25.3 Å². The van der Waals surface area contributed by atoms with Crippen molar-refractivity contribution in [3.05, 3.63) is 38.9 Å². The van der Waals surface area contributed by atoms with E-state index in [1.807, 2.05) is 0 Å². The Labute approximate surface area is 117 Å². The summed E-state index contributed by atoms with van der Waals surface area (Å²) in [5, 5.41) is 11.1. The molecule has 1 aliphatic heterocycles. The molecule has 104 valence electrons. The molecule has 5 nitrogen and oxygen atoms in total. The average molecular weight is 284 g/mol. The highest BCUT2D eigenvalue weighted by molar-refractivity contribution is 6.31. The van der Waals surface area contributed by atoms with E-state index in [0.717, 1.165) is 24.9 Å². The van der Waals surface area contributed by atoms with Crippen molar-refractivity contribution in [3.8, 4) is 0 Å². The van der Waals surface area contributed by atoms with Gasteiger partial charge in [0.25, 0.3) is 5.69 Å². The summed E-state index contributed by atoms with van der Waals surface area (Å²) in [6.07, 6.45) is 1.96. The Kier molecular flexibility index (Phi) is 4.39. The van der Waals surface area contributed by atoms with Crippen LogP contribution in [-0.4, -0.2) is 28.5 Å². The van der Waals surface area contributed by atoms with E-state index in [1.54, 1.807) is 6.07 Å². The van der Waals surface area contributed by atoms with Crippen molar-refractivity contribution in [1.29, 1.82) is 0 Å². The van der Waals surface area contributed by atoms with E-state index < -0.39 is 4.92 Å². The number of rotatable bonds is 3. The lowest BCUT2D eigenvalue weighted by Gasteiger charge is -2.36. The maximum atomic E-state index is 10.7. The molecule has 19 heavy (non-hydrogen) atoms. The van der Waals surface area contributed by atoms with E-state index in [-0.39, 0.29) is 11.7 Å². The highest BCUT2D eigenvalue weighted by atomic mass is 35.5. The van der Waals surface area contributed by atoms with Gasteiger partial charge in [-0.25, -0.2) is 0 Å². The molecule has 0 aromatic heterocycles. The number of nitrogens with zero attached hydrogens (tertiary/aromatic N) is 2. The van der Waals surface area contributed by atoms with E-state index in [1.165, 1.54) is 12.1 Å². The lowest BCUT2D eigenvalue weighted by molar-refractivity contribution is -0.384. The van der Waals surface area contributed by atoms with Gasteiger partial charge >= 0.3 is 0 Å². The zero-order valence-electron chi connectivity index (χ0n) is 10.9. The normalized spacial score (nSPS) is 24.4. The van der Waals surface area contributed by atoms with Crippen LogP contribution in [0.3, 0.4) is 0 Å². The Morgan fingerprint density at radius 3 is 2.89 bits per heavy atom. The van der Waals surface area contributed by atoms with E-state index in [2.05, 4.69) is 11.8 Å². The summed E-state index contributed by atoms with van der Waals surface area (Å²) in [7, 11) is 0. The number of nitrogens with two attached hydrogens (primary N) is 1. The molecule has 1 heterocycles. The van der Waals surface area contributed by atoms with Crippen molar-refractivity contribution in [1.82, 2.24) is 4.90 Å². The van der Waals surface area contributed by atoms with Crippen molar-refractivity contribution >= 4 is 17.3 Å². The lowest BCUT2D eigenvalue weighted by Crippen LogP contribution is -2.44. The number of benzene rings is 1. The van der Waals surface area contributed by atoms with Crippen molar-refractivity contribution in [2.75, 3.05) is 6.54 Å². The zero-order valence-corrected chi connectivity index (χ0v) is 11.6. The molecule has 1 saturated heterocycles. The quantitative estimate of drug-likeness (QED) is 0.683. The van der Waals surface area contributed by atoms with Crippen LogP contribution in [0.5, 0.6) is 0 Å². The van der Waals surface area contributed by atoms with Gasteiger partial charge in [-0.15, -0.1) is 0 Å². The standard InChI is InChI=1S/C13H18ClN3O2/c1-9-6-11(15)4-5-16(9)8-10-2-3-12(17(18)19)7-13(10)14/h2-3,7,9,11H,4-6,8,15H2,1H3. The van der Waals surface area contributed by atoms with Gasteiger partial charge in [0.1, 0.15) is 0 Å². The minimum absolute atomic E-state index is 0.0301. The fraction of sp³-hybridized carbons (Fsp3) is 0.538. The van der Waals surface area contributed by atoms with Gasteiger partial charge in [0.15, 0.2) is 0 Å². The van der Waals surface area contributed by atoms with E-state index in [9.17, 15) is 10.1 Å². The molecule has 2 atom stereocenters. The second-order valence-electron chi connectivity index (χ2n) is 5.14. The molecular weight excluding hydrogens is 266 g/mol. The maximum Gasteiger partial charge on any atom is 0.270 e. The number of nitro benzene ring substituents is 1. The molecule has 2 N–H and O–H groups in total. The molecule has 1 fully saturated rings. The Balaban J connectivity index is 2.09. The molecule has 6 heteroatoms. The van der Waals surface area contributed by atoms with Crippen molar-refractivity contribution in [2.45, 2.75) is 38.4 Å². The largest absolute Gasteiger partial charge is 0.328 e. The molecule has 0 bridgehead atoms. The predicted molar refractivity (Wildman–Crippen MR) is 75.2 cm³/mol. The SMILES string of the molecule is CC1CC(N)CCN1Cc1ccc([N+](=O)[O-])cc1Cl. The first-order valence-electron chi connectivity index (χ1n) is 6.40. The summed E-state index contributed by atoms with van der Waals surface area (Å²) in [4.78, 5) is 12.5. The highest BCUT2D eigenvalue weighted by Gasteiger charge is 2.23. The molecule has 2 rings (SSSR count). The first-order valence-corrected chi connectivity index (χ1v) is 6.77. The van der Waals surface area contributed by atoms with Gasteiger partial charge in [-0.3, -0.25) is 15.0 Å². The molecule has 1 aromatic carbocycles. The Morgan fingerprint density at radius 2 is 2.32 bits per heavy atom. The third-order valence-corrected chi connectivity index (χ3v) is 4.03. The molecule has 0 saturated carbocycles. The number of hydrogen-bond acceptors (Lipinski definition) is 4. The minimum atomic E-state index is -0.432. The summed E-state index contributed by atoms with van der Waals surface area (Å²) in [6.45, 7) is 3.80. The van der Waals surface area contributed by atoms with E-state index in [4.69, 9.17) is 17.3 Å². The summed E-state index contributed by atoms with van der Waals surface area (Å²) >= 11 is 6.11. The van der Waals surface area contributed by atoms with Gasteiger partial charge < -0.3 is 5.73 Å². The third kappa shape index (κ3) is 3.43. The van der Waals surface area contributed by atoms with Crippen LogP contribution < -0.4 is 5.73 Å². The number of nitro groups is 1. The number of halogens is 1. The number of likely N-dealkylation sites (tertiary alicyclic amines) is 1. The van der Waals surface area contributed by atoms with Gasteiger partial charge in [-0.05, 0) is 31.4 Å². The second kappa shape index (κ2) is 5.86. The zero-order chi connectivity index (χ0) is 14.0. The van der Waals surface area contributed by atoms with Crippen molar-refractivity contribution in [3.63, 3.8) is 0 Å². The average Bonchev–Trinajstić information content (AvgIpc) is 2.34. The number of piperidine rings is 1. The predicted octanol–water partition coefficient (Wildman–Crippen LogP) is 2.56. The lowest BCUT2D eigenvalue weighted by atomic mass is 9.98. The van der Waals surface area contributed by atoms with Gasteiger partial charge in [0.05, 0.1) is 9.95 Å². The van der Waals surface area contributed by atoms with Gasteiger partial charge in [0.2, 0.25) is 0 Å². The highest BCUT2D eigenvalue weighted by Crippen LogP contribution is 2.26. The van der Waals surface area contributed by atoms with Gasteiger partial charge in [0, 0.05) is 37.3 Å². The van der Waals surface area contributed by atoms with E-state index >= 15 is 0 Å². The van der Waals surface area contributed by atoms with Crippen LogP contribution in [0.25, 0.3) is 0 Å². The van der Waals surface area contributed by atoms with Crippen LogP contribution in [0, 0.1) is 10.1 Å². The van der Waals surface area contributed by atoms with Crippen molar-refractivity contribution < 1.29 is 4.92 Å². The fourth-order valence-corrected chi connectivity index (χ4v) is 2.72. The van der Waals surface area contributed by atoms with E-state index in [0.29, 0.717) is 17.6 Å². The molecule has 2 unspecified atom stereocenters. The Bertz CT molecular complexity index is 481. The molecule has 0 aliphatic carbocycles. The van der Waals surface area contributed by atoms with Crippen LogP contribution in [-0.2, 0) is 6.54 Å². The molecular formula is C13H18ClN3O2. The van der Waals surface area contributed by atoms with Crippen LogP contribution >= 0.6 is 11.6 Å². The van der Waals surface area contributed by atoms with Crippen LogP contribution in [0.15, 0.2) is 18.2 Å². The molecule has 0 amide bonds. The maximum absolute atomic E-state index is 10.7. The molecule has 0 spiro atoms. The fourth-order valence-electron chi connectivity index (χ4n) is 2.49. The molecule has 0 radical (unpaired) electrons. The third-order valence-electron chi connectivity index (χ3n) is 3.68. The second-order valence-corrected chi connectivity index (χ2v) is 5.54.